The number of fused-ring (bicyclic) bond motifs is 3. The van der Waals surface area contributed by atoms with E-state index in [-0.39, 0.29) is 29.3 Å². The molecule has 7 nitrogen and oxygen atoms in total. The van der Waals surface area contributed by atoms with Gasteiger partial charge in [0.15, 0.2) is 5.16 Å². The number of rotatable bonds is 7. The Morgan fingerprint density at radius 2 is 1.79 bits per heavy atom. The maximum atomic E-state index is 14.0. The SMILES string of the molecule is COc1ccc([C@@H]2CC(c3ccccc3)=NN2C(=O)CSc2nc3sc4c(c3c(=O)n2C2CCCC2)CCCC4)cc1. The van der Waals surface area contributed by atoms with Crippen LogP contribution in [0, 0.1) is 0 Å². The molecule has 3 aliphatic rings. The van der Waals surface area contributed by atoms with E-state index < -0.39 is 0 Å². The van der Waals surface area contributed by atoms with Gasteiger partial charge < -0.3 is 4.74 Å². The summed E-state index contributed by atoms with van der Waals surface area (Å²) in [6.45, 7) is 0. The van der Waals surface area contributed by atoms with Crippen LogP contribution in [0.2, 0.25) is 0 Å². The zero-order valence-corrected chi connectivity index (χ0v) is 25.4. The first-order chi connectivity index (χ1) is 20.6. The maximum Gasteiger partial charge on any atom is 0.263 e. The summed E-state index contributed by atoms with van der Waals surface area (Å²) < 4.78 is 7.29. The highest BCUT2D eigenvalue weighted by Crippen LogP contribution is 2.38. The quantitative estimate of drug-likeness (QED) is 0.170. The van der Waals surface area contributed by atoms with Crippen LogP contribution in [0.25, 0.3) is 10.2 Å². The third kappa shape index (κ3) is 5.07. The number of methoxy groups -OCH3 is 1. The van der Waals surface area contributed by atoms with E-state index in [0.717, 1.165) is 77.8 Å². The molecule has 0 spiro atoms. The van der Waals surface area contributed by atoms with Crippen LogP contribution >= 0.6 is 23.1 Å². The molecule has 9 heteroatoms. The molecule has 3 heterocycles. The van der Waals surface area contributed by atoms with Crippen molar-refractivity contribution in [3.63, 3.8) is 0 Å². The van der Waals surface area contributed by atoms with Gasteiger partial charge in [-0.15, -0.1) is 11.3 Å². The van der Waals surface area contributed by atoms with Crippen molar-refractivity contribution in [3.8, 4) is 5.75 Å². The van der Waals surface area contributed by atoms with Crippen molar-refractivity contribution in [1.29, 1.82) is 0 Å². The number of aromatic nitrogens is 2. The maximum absolute atomic E-state index is 14.0. The van der Waals surface area contributed by atoms with Crippen molar-refractivity contribution < 1.29 is 9.53 Å². The number of carbonyl (C=O) groups excluding carboxylic acids is 1. The van der Waals surface area contributed by atoms with E-state index in [1.54, 1.807) is 23.5 Å². The van der Waals surface area contributed by atoms with Crippen molar-refractivity contribution in [2.75, 3.05) is 12.9 Å². The highest BCUT2D eigenvalue weighted by Gasteiger charge is 2.34. The fourth-order valence-electron chi connectivity index (χ4n) is 6.61. The van der Waals surface area contributed by atoms with Gasteiger partial charge in [-0.1, -0.05) is 67.1 Å². The number of hydrazone groups is 1. The lowest BCUT2D eigenvalue weighted by molar-refractivity contribution is -0.130. The highest BCUT2D eigenvalue weighted by molar-refractivity contribution is 7.99. The number of ether oxygens (including phenoxy) is 1. The van der Waals surface area contributed by atoms with Crippen molar-refractivity contribution in [3.05, 3.63) is 86.5 Å². The van der Waals surface area contributed by atoms with Crippen LogP contribution in [0.3, 0.4) is 0 Å². The zero-order valence-electron chi connectivity index (χ0n) is 23.8. The van der Waals surface area contributed by atoms with Crippen LogP contribution < -0.4 is 10.3 Å². The lowest BCUT2D eigenvalue weighted by atomic mass is 9.97. The van der Waals surface area contributed by atoms with Gasteiger partial charge in [0, 0.05) is 17.3 Å². The largest absolute Gasteiger partial charge is 0.497 e. The molecule has 2 aromatic heterocycles. The molecular weight excluding hydrogens is 565 g/mol. The molecule has 1 aliphatic heterocycles. The monoisotopic (exact) mass is 598 g/mol. The second-order valence-electron chi connectivity index (χ2n) is 11.3. The van der Waals surface area contributed by atoms with Crippen molar-refractivity contribution >= 4 is 44.9 Å². The Morgan fingerprint density at radius 1 is 1.02 bits per heavy atom. The molecule has 2 aliphatic carbocycles. The number of thiophene rings is 1. The molecule has 42 heavy (non-hydrogen) atoms. The molecule has 1 saturated carbocycles. The molecule has 0 bridgehead atoms. The minimum absolute atomic E-state index is 0.0860. The van der Waals surface area contributed by atoms with Crippen molar-refractivity contribution in [2.45, 2.75) is 75.0 Å². The topological polar surface area (TPSA) is 76.8 Å². The van der Waals surface area contributed by atoms with E-state index in [1.165, 1.54) is 28.6 Å². The predicted octanol–water partition coefficient (Wildman–Crippen LogP) is 6.93. The van der Waals surface area contributed by atoms with Gasteiger partial charge in [0.1, 0.15) is 10.6 Å². The molecule has 1 fully saturated rings. The van der Waals surface area contributed by atoms with Crippen molar-refractivity contribution in [1.82, 2.24) is 14.6 Å². The molecule has 0 N–H and O–H groups in total. The molecular formula is C33H34N4O3S2. The number of thioether (sulfide) groups is 1. The Hall–Kier alpha value is -3.43. The van der Waals surface area contributed by atoms with Gasteiger partial charge in [0.25, 0.3) is 11.5 Å². The normalized spacial score (nSPS) is 18.8. The Morgan fingerprint density at radius 3 is 2.55 bits per heavy atom. The second kappa shape index (κ2) is 11.7. The molecule has 0 saturated heterocycles. The standard InChI is InChI=1S/C33H34N4O3S2/c1-40-24-17-15-22(16-18-24)27-19-26(21-9-3-2-4-10-21)35-37(27)29(38)20-41-33-34-31-30(25-13-7-8-14-28(25)42-31)32(39)36(33)23-11-5-6-12-23/h2-4,9-10,15-18,23,27H,5-8,11-14,19-20H2,1H3/t27-/m0/s1. The molecule has 1 atom stereocenters. The molecule has 4 aromatic rings. The van der Waals surface area contributed by atoms with Gasteiger partial charge in [0.2, 0.25) is 0 Å². The predicted molar refractivity (Wildman–Crippen MR) is 169 cm³/mol. The van der Waals surface area contributed by atoms with E-state index >= 15 is 0 Å². The summed E-state index contributed by atoms with van der Waals surface area (Å²) in [5.41, 5.74) is 4.22. The number of aryl methyl sites for hydroxylation is 2. The van der Waals surface area contributed by atoms with E-state index in [1.807, 2.05) is 59.2 Å². The second-order valence-corrected chi connectivity index (χ2v) is 13.4. The van der Waals surface area contributed by atoms with Crippen molar-refractivity contribution in [2.24, 2.45) is 5.10 Å². The Kier molecular flexibility index (Phi) is 7.63. The van der Waals surface area contributed by atoms with Gasteiger partial charge in [-0.25, -0.2) is 9.99 Å². The minimum Gasteiger partial charge on any atom is -0.497 e. The molecule has 2 aromatic carbocycles. The Balaban J connectivity index is 1.21. The first-order valence-electron chi connectivity index (χ1n) is 14.9. The van der Waals surface area contributed by atoms with Crippen LogP contribution in [0.15, 0.2) is 69.6 Å². The van der Waals surface area contributed by atoms with Gasteiger partial charge in [-0.2, -0.15) is 5.10 Å². The zero-order chi connectivity index (χ0) is 28.6. The summed E-state index contributed by atoms with van der Waals surface area (Å²) >= 11 is 3.05. The van der Waals surface area contributed by atoms with E-state index in [2.05, 4.69) is 0 Å². The highest BCUT2D eigenvalue weighted by atomic mass is 32.2. The van der Waals surface area contributed by atoms with Crippen LogP contribution in [0.5, 0.6) is 5.75 Å². The molecule has 7 rings (SSSR count). The summed E-state index contributed by atoms with van der Waals surface area (Å²) in [4.78, 5) is 35.2. The number of carbonyl (C=O) groups is 1. The van der Waals surface area contributed by atoms with E-state index in [0.29, 0.717) is 11.6 Å². The van der Waals surface area contributed by atoms with Gasteiger partial charge in [-0.3, -0.25) is 14.2 Å². The fourth-order valence-corrected chi connectivity index (χ4v) is 8.83. The Labute approximate surface area is 253 Å². The molecule has 0 unspecified atom stereocenters. The van der Waals surface area contributed by atoms with Crippen LogP contribution in [0.4, 0.5) is 0 Å². The third-order valence-corrected chi connectivity index (χ3v) is 10.9. The van der Waals surface area contributed by atoms with Crippen LogP contribution in [-0.4, -0.2) is 39.0 Å². The number of hydrogen-bond donors (Lipinski definition) is 0. The van der Waals surface area contributed by atoms with Crippen LogP contribution in [-0.2, 0) is 17.6 Å². The smallest absolute Gasteiger partial charge is 0.263 e. The number of amides is 1. The average Bonchev–Trinajstić information content (AvgIpc) is 3.79. The summed E-state index contributed by atoms with van der Waals surface area (Å²) in [7, 11) is 1.65. The lowest BCUT2D eigenvalue weighted by Gasteiger charge is -2.23. The number of benzene rings is 2. The molecule has 0 radical (unpaired) electrons. The third-order valence-electron chi connectivity index (χ3n) is 8.78. The summed E-state index contributed by atoms with van der Waals surface area (Å²) in [6, 6.07) is 17.8. The first kappa shape index (κ1) is 27.4. The Bertz CT molecular complexity index is 1710. The summed E-state index contributed by atoms with van der Waals surface area (Å²) in [5, 5.41) is 7.98. The average molecular weight is 599 g/mol. The summed E-state index contributed by atoms with van der Waals surface area (Å²) in [5.74, 6) is 0.842. The van der Waals surface area contributed by atoms with Gasteiger partial charge in [-0.05, 0) is 67.3 Å². The number of hydrogen-bond acceptors (Lipinski definition) is 7. The van der Waals surface area contributed by atoms with E-state index in [9.17, 15) is 9.59 Å². The lowest BCUT2D eigenvalue weighted by Crippen LogP contribution is -2.30. The fraction of sp³-hybridized carbons (Fsp3) is 0.394. The van der Waals surface area contributed by atoms with Crippen LogP contribution in [0.1, 0.15) is 78.6 Å². The van der Waals surface area contributed by atoms with Gasteiger partial charge in [0.05, 0.1) is 30.0 Å². The summed E-state index contributed by atoms with van der Waals surface area (Å²) in [6.07, 6.45) is 9.13. The first-order valence-corrected chi connectivity index (χ1v) is 16.7. The van der Waals surface area contributed by atoms with E-state index in [4.69, 9.17) is 14.8 Å². The molecule has 216 valence electrons. The van der Waals surface area contributed by atoms with Gasteiger partial charge >= 0.3 is 0 Å². The molecule has 1 amide bonds. The number of nitrogens with zero attached hydrogens (tertiary/aromatic N) is 4. The minimum atomic E-state index is -0.212.